The van der Waals surface area contributed by atoms with E-state index in [-0.39, 0.29) is 11.9 Å². The second kappa shape index (κ2) is 8.83. The van der Waals surface area contributed by atoms with Gasteiger partial charge < -0.3 is 19.1 Å². The number of carbonyl (C=O) groups is 1. The van der Waals surface area contributed by atoms with Gasteiger partial charge in [-0.2, -0.15) is 0 Å². The molecular formula is C19H22ClN4O3+. The van der Waals surface area contributed by atoms with Crippen molar-refractivity contribution in [1.29, 1.82) is 0 Å². The standard InChI is InChI=1S/C19H21ClN4O3/c1-3-10-24(12-17-22-23-19(27-17)16-5-4-11-26-16)13(2)18(25)21-15-8-6-14(20)7-9-15/h4-9,11,13H,3,10,12H2,1-2H3,(H,21,25)/p+1/t13-/m0/s1. The molecule has 3 rings (SSSR count). The number of aromatic nitrogens is 2. The summed E-state index contributed by atoms with van der Waals surface area (Å²) >= 11 is 5.88. The Balaban J connectivity index is 1.66. The number of halogens is 1. The third-order valence-corrected chi connectivity index (χ3v) is 4.52. The van der Waals surface area contributed by atoms with Gasteiger partial charge in [-0.25, -0.2) is 0 Å². The van der Waals surface area contributed by atoms with Crippen LogP contribution in [0.4, 0.5) is 5.69 Å². The molecule has 0 aliphatic carbocycles. The zero-order chi connectivity index (χ0) is 19.2. The van der Waals surface area contributed by atoms with Crippen LogP contribution in [0.5, 0.6) is 0 Å². The molecule has 0 saturated carbocycles. The number of anilines is 1. The Labute approximate surface area is 162 Å². The summed E-state index contributed by atoms with van der Waals surface area (Å²) in [5, 5.41) is 11.6. The van der Waals surface area contributed by atoms with Crippen LogP contribution in [-0.2, 0) is 11.3 Å². The number of amides is 1. The first-order chi connectivity index (χ1) is 13.1. The van der Waals surface area contributed by atoms with E-state index < -0.39 is 0 Å². The number of rotatable bonds is 8. The zero-order valence-electron chi connectivity index (χ0n) is 15.2. The lowest BCUT2D eigenvalue weighted by Crippen LogP contribution is -3.15. The molecule has 2 heterocycles. The van der Waals surface area contributed by atoms with Gasteiger partial charge in [-0.15, -0.1) is 10.2 Å². The highest BCUT2D eigenvalue weighted by Crippen LogP contribution is 2.17. The molecule has 1 unspecified atom stereocenters. The van der Waals surface area contributed by atoms with Crippen molar-refractivity contribution in [2.45, 2.75) is 32.9 Å². The summed E-state index contributed by atoms with van der Waals surface area (Å²) < 4.78 is 11.0. The molecule has 0 radical (unpaired) electrons. The number of furan rings is 1. The van der Waals surface area contributed by atoms with E-state index in [0.29, 0.717) is 34.8 Å². The molecule has 0 spiro atoms. The van der Waals surface area contributed by atoms with E-state index in [1.165, 1.54) is 0 Å². The van der Waals surface area contributed by atoms with Crippen molar-refractivity contribution in [2.75, 3.05) is 11.9 Å². The highest BCUT2D eigenvalue weighted by atomic mass is 35.5. The fraction of sp³-hybridized carbons (Fsp3) is 0.316. The number of quaternary nitrogens is 1. The molecule has 3 aromatic rings. The second-order valence-corrected chi connectivity index (χ2v) is 6.72. The molecule has 1 amide bonds. The van der Waals surface area contributed by atoms with Gasteiger partial charge >= 0.3 is 0 Å². The molecule has 0 aliphatic heterocycles. The predicted octanol–water partition coefficient (Wildman–Crippen LogP) is 2.81. The lowest BCUT2D eigenvalue weighted by Gasteiger charge is -2.23. The van der Waals surface area contributed by atoms with E-state index in [0.717, 1.165) is 17.9 Å². The van der Waals surface area contributed by atoms with Gasteiger partial charge in [0.15, 0.2) is 18.3 Å². The third kappa shape index (κ3) is 4.96. The van der Waals surface area contributed by atoms with Crippen LogP contribution in [0.3, 0.4) is 0 Å². The summed E-state index contributed by atoms with van der Waals surface area (Å²) in [5.41, 5.74) is 0.713. The average Bonchev–Trinajstić information content (AvgIpc) is 3.34. The van der Waals surface area contributed by atoms with Crippen molar-refractivity contribution in [3.8, 4) is 11.7 Å². The Morgan fingerprint density at radius 2 is 2.04 bits per heavy atom. The minimum atomic E-state index is -0.292. The highest BCUT2D eigenvalue weighted by Gasteiger charge is 2.27. The maximum Gasteiger partial charge on any atom is 0.283 e. The van der Waals surface area contributed by atoms with E-state index in [9.17, 15) is 4.79 Å². The minimum Gasteiger partial charge on any atom is -0.459 e. The van der Waals surface area contributed by atoms with Crippen LogP contribution in [0.15, 0.2) is 51.5 Å². The van der Waals surface area contributed by atoms with Crippen LogP contribution >= 0.6 is 11.6 Å². The molecule has 2 aromatic heterocycles. The summed E-state index contributed by atoms with van der Waals surface area (Å²) in [7, 11) is 0. The largest absolute Gasteiger partial charge is 0.459 e. The van der Waals surface area contributed by atoms with Crippen molar-refractivity contribution in [3.63, 3.8) is 0 Å². The Morgan fingerprint density at radius 1 is 1.26 bits per heavy atom. The van der Waals surface area contributed by atoms with Gasteiger partial charge in [0, 0.05) is 10.7 Å². The topological polar surface area (TPSA) is 85.6 Å². The van der Waals surface area contributed by atoms with Gasteiger partial charge in [-0.1, -0.05) is 18.5 Å². The molecule has 27 heavy (non-hydrogen) atoms. The molecule has 2 N–H and O–H groups in total. The van der Waals surface area contributed by atoms with Crippen LogP contribution in [0.25, 0.3) is 11.7 Å². The maximum atomic E-state index is 12.6. The quantitative estimate of drug-likeness (QED) is 0.618. The first kappa shape index (κ1) is 19.1. The van der Waals surface area contributed by atoms with Crippen molar-refractivity contribution < 1.29 is 18.5 Å². The summed E-state index contributed by atoms with van der Waals surface area (Å²) in [6, 6.07) is 10.3. The zero-order valence-corrected chi connectivity index (χ0v) is 16.0. The molecule has 0 aliphatic rings. The number of benzene rings is 1. The SMILES string of the molecule is CCC[NH+](Cc1nnc(-c2ccco2)o1)[C@@H](C)C(=O)Nc1ccc(Cl)cc1. The van der Waals surface area contributed by atoms with Gasteiger partial charge in [0.05, 0.1) is 12.8 Å². The van der Waals surface area contributed by atoms with Gasteiger partial charge in [-0.05, 0) is 49.7 Å². The highest BCUT2D eigenvalue weighted by molar-refractivity contribution is 6.30. The third-order valence-electron chi connectivity index (χ3n) is 4.27. The number of nitrogens with zero attached hydrogens (tertiary/aromatic N) is 2. The van der Waals surface area contributed by atoms with Crippen LogP contribution in [0, 0.1) is 0 Å². The lowest BCUT2D eigenvalue weighted by molar-refractivity contribution is -0.928. The Hall–Kier alpha value is -2.64. The maximum absolute atomic E-state index is 12.6. The van der Waals surface area contributed by atoms with Crippen LogP contribution in [0.1, 0.15) is 26.2 Å². The summed E-state index contributed by atoms with van der Waals surface area (Å²) in [6.07, 6.45) is 2.48. The lowest BCUT2D eigenvalue weighted by atomic mass is 10.2. The van der Waals surface area contributed by atoms with Crippen LogP contribution in [0.2, 0.25) is 5.02 Å². The summed E-state index contributed by atoms with van der Waals surface area (Å²) in [4.78, 5) is 13.7. The molecule has 8 heteroatoms. The van der Waals surface area contributed by atoms with Crippen molar-refractivity contribution in [3.05, 3.63) is 53.6 Å². The predicted molar refractivity (Wildman–Crippen MR) is 101 cm³/mol. The number of carbonyl (C=O) groups excluding carboxylic acids is 1. The fourth-order valence-corrected chi connectivity index (χ4v) is 2.89. The van der Waals surface area contributed by atoms with Crippen molar-refractivity contribution in [2.24, 2.45) is 0 Å². The van der Waals surface area contributed by atoms with E-state index >= 15 is 0 Å². The molecule has 142 valence electrons. The second-order valence-electron chi connectivity index (χ2n) is 6.28. The fourth-order valence-electron chi connectivity index (χ4n) is 2.77. The molecule has 2 atom stereocenters. The molecule has 0 fully saturated rings. The molecule has 1 aromatic carbocycles. The molecule has 0 bridgehead atoms. The van der Waals surface area contributed by atoms with Gasteiger partial charge in [0.1, 0.15) is 0 Å². The monoisotopic (exact) mass is 389 g/mol. The molecule has 7 nitrogen and oxygen atoms in total. The number of nitrogens with one attached hydrogen (secondary N) is 2. The average molecular weight is 390 g/mol. The Bertz CT molecular complexity index is 861. The van der Waals surface area contributed by atoms with Gasteiger partial charge in [0.25, 0.3) is 17.7 Å². The normalized spacial score (nSPS) is 13.3. The summed E-state index contributed by atoms with van der Waals surface area (Å²) in [5.74, 6) is 1.26. The first-order valence-corrected chi connectivity index (χ1v) is 9.22. The molecular weight excluding hydrogens is 368 g/mol. The van der Waals surface area contributed by atoms with E-state index in [2.05, 4.69) is 22.4 Å². The number of hydrogen-bond acceptors (Lipinski definition) is 5. The smallest absolute Gasteiger partial charge is 0.283 e. The minimum absolute atomic E-state index is 0.0773. The Morgan fingerprint density at radius 3 is 2.70 bits per heavy atom. The van der Waals surface area contributed by atoms with Crippen molar-refractivity contribution in [1.82, 2.24) is 10.2 Å². The molecule has 0 saturated heterocycles. The van der Waals surface area contributed by atoms with E-state index in [1.54, 1.807) is 42.7 Å². The summed E-state index contributed by atoms with van der Waals surface area (Å²) in [6.45, 7) is 5.22. The van der Waals surface area contributed by atoms with Crippen LogP contribution in [-0.4, -0.2) is 28.7 Å². The van der Waals surface area contributed by atoms with Crippen LogP contribution < -0.4 is 10.2 Å². The first-order valence-electron chi connectivity index (χ1n) is 8.84. The van der Waals surface area contributed by atoms with Gasteiger partial charge in [0.2, 0.25) is 0 Å². The van der Waals surface area contributed by atoms with E-state index in [1.807, 2.05) is 6.92 Å². The van der Waals surface area contributed by atoms with Crippen molar-refractivity contribution >= 4 is 23.2 Å². The Kier molecular flexibility index (Phi) is 6.26. The van der Waals surface area contributed by atoms with Gasteiger partial charge in [-0.3, -0.25) is 4.79 Å². The number of hydrogen-bond donors (Lipinski definition) is 2. The van der Waals surface area contributed by atoms with E-state index in [4.69, 9.17) is 20.4 Å².